The minimum atomic E-state index is -3.92. The third-order valence-electron chi connectivity index (χ3n) is 4.89. The summed E-state index contributed by atoms with van der Waals surface area (Å²) in [6.07, 6.45) is 0.0473. The van der Waals surface area contributed by atoms with E-state index >= 15 is 0 Å². The van der Waals surface area contributed by atoms with Crippen molar-refractivity contribution < 1.29 is 53.1 Å². The lowest BCUT2D eigenvalue weighted by Gasteiger charge is -2.04. The first-order valence-electron chi connectivity index (χ1n) is 9.46. The molecule has 2 aliphatic rings. The number of ether oxygens (including phenoxy) is 2. The van der Waals surface area contributed by atoms with E-state index < -0.39 is 32.2 Å². The maximum atomic E-state index is 12.1. The van der Waals surface area contributed by atoms with Gasteiger partial charge in [-0.2, -0.15) is 16.8 Å². The smallest absolute Gasteiger partial charge is 0.343 e. The molecule has 0 spiro atoms. The molecule has 6 rings (SSSR count). The fourth-order valence-electron chi connectivity index (χ4n) is 3.44. The quantitative estimate of drug-likeness (QED) is 0.0988. The van der Waals surface area contributed by atoms with E-state index in [-0.39, 0.29) is 68.0 Å². The van der Waals surface area contributed by atoms with E-state index in [1.165, 1.54) is 33.7 Å². The van der Waals surface area contributed by atoms with Crippen LogP contribution in [0, 0.1) is 0 Å². The van der Waals surface area contributed by atoms with E-state index in [4.69, 9.17) is 26.7 Å². The fourth-order valence-corrected chi connectivity index (χ4v) is 7.53. The molecule has 0 fully saturated rings. The van der Waals surface area contributed by atoms with Crippen LogP contribution >= 0.6 is 21.6 Å². The van der Waals surface area contributed by atoms with E-state index in [2.05, 4.69) is 0 Å². The zero-order valence-corrected chi connectivity index (χ0v) is 19.8. The Bertz CT molecular complexity index is 1550. The Labute approximate surface area is 198 Å². The second kappa shape index (κ2) is 7.34. The van der Waals surface area contributed by atoms with E-state index in [1.54, 1.807) is 0 Å². The van der Waals surface area contributed by atoms with Gasteiger partial charge in [0.2, 0.25) is 23.0 Å². The van der Waals surface area contributed by atoms with Gasteiger partial charge >= 0.3 is 32.2 Å². The molecule has 0 unspecified atom stereocenters. The van der Waals surface area contributed by atoms with Crippen molar-refractivity contribution in [2.75, 3.05) is 11.5 Å². The summed E-state index contributed by atoms with van der Waals surface area (Å²) in [5.74, 6) is -0.783. The number of esters is 2. The van der Waals surface area contributed by atoms with Gasteiger partial charge in [-0.1, -0.05) is 21.6 Å². The lowest BCUT2D eigenvalue weighted by atomic mass is 10.3. The largest absolute Gasteiger partial charge is 0.448 e. The summed E-state index contributed by atoms with van der Waals surface area (Å²) in [6.45, 7) is 0. The van der Waals surface area contributed by atoms with Gasteiger partial charge in [0, 0.05) is 23.6 Å². The number of carbonyl (C=O) groups is 2. The van der Waals surface area contributed by atoms with Crippen LogP contribution in [0.5, 0.6) is 23.0 Å². The van der Waals surface area contributed by atoms with Crippen LogP contribution < -0.4 is 17.8 Å². The van der Waals surface area contributed by atoms with Crippen molar-refractivity contribution in [3.63, 3.8) is 0 Å². The molecular formula is C18H10O12S4. The van der Waals surface area contributed by atoms with Crippen molar-refractivity contribution >= 4 is 76.1 Å². The van der Waals surface area contributed by atoms with E-state index in [0.29, 0.717) is 11.5 Å². The average molecular weight is 547 g/mol. The molecule has 0 amide bonds. The average Bonchev–Trinajstić information content (AvgIpc) is 3.55. The van der Waals surface area contributed by atoms with Crippen LogP contribution in [0.4, 0.5) is 0 Å². The Kier molecular flexibility index (Phi) is 4.68. The van der Waals surface area contributed by atoms with Crippen LogP contribution in [0.15, 0.2) is 30.8 Å². The molecule has 0 aliphatic carbocycles. The van der Waals surface area contributed by atoms with Crippen molar-refractivity contribution in [1.82, 2.24) is 0 Å². The van der Waals surface area contributed by atoms with Gasteiger partial charge in [-0.05, 0) is 0 Å². The summed E-state index contributed by atoms with van der Waals surface area (Å²) in [5, 5.41) is 0. The highest BCUT2D eigenvalue weighted by Crippen LogP contribution is 2.53. The lowest BCUT2D eigenvalue weighted by molar-refractivity contribution is -0.134. The molecule has 4 aromatic heterocycles. The normalized spacial score (nSPS) is 16.8. The van der Waals surface area contributed by atoms with Crippen LogP contribution in [-0.2, 0) is 29.8 Å². The molecule has 2 aliphatic heterocycles. The molecule has 0 saturated heterocycles. The Balaban J connectivity index is 0.926. The SMILES string of the molecule is O=C(CCSSCCC(=O)Oc1c2c3oc1cc3S(=O)(=O)O2)Oc1c2c3oc1cc3S(=O)(=O)O2. The minimum absolute atomic E-state index is 0.0236. The summed E-state index contributed by atoms with van der Waals surface area (Å²) < 4.78 is 77.6. The molecule has 0 N–H and O–H groups in total. The second-order valence-corrected chi connectivity index (χ2v) is 12.8. The predicted molar refractivity (Wildman–Crippen MR) is 116 cm³/mol. The maximum absolute atomic E-state index is 12.1. The van der Waals surface area contributed by atoms with Crippen molar-refractivity contribution in [3.05, 3.63) is 12.1 Å². The number of fused-ring (bicyclic) bond motifs is 2. The van der Waals surface area contributed by atoms with Gasteiger partial charge in [0.05, 0.1) is 12.8 Å². The van der Waals surface area contributed by atoms with Crippen LogP contribution in [0.2, 0.25) is 0 Å². The topological polar surface area (TPSA) is 166 Å². The second-order valence-electron chi connectivity index (χ2n) is 7.09. The molecule has 0 radical (unpaired) electrons. The van der Waals surface area contributed by atoms with Crippen molar-refractivity contribution in [1.29, 1.82) is 0 Å². The molecule has 0 saturated carbocycles. The molecule has 4 aromatic rings. The van der Waals surface area contributed by atoms with Gasteiger partial charge in [-0.25, -0.2) is 0 Å². The van der Waals surface area contributed by atoms with E-state index in [9.17, 15) is 26.4 Å². The molecule has 6 heterocycles. The van der Waals surface area contributed by atoms with Gasteiger partial charge in [-0.15, -0.1) is 0 Å². The first-order chi connectivity index (χ1) is 16.1. The number of furan rings is 4. The van der Waals surface area contributed by atoms with Gasteiger partial charge in [0.25, 0.3) is 0 Å². The Hall–Kier alpha value is -2.82. The summed E-state index contributed by atoms with van der Waals surface area (Å²) in [6, 6.07) is 2.49. The van der Waals surface area contributed by atoms with Crippen molar-refractivity contribution in [3.8, 4) is 23.0 Å². The predicted octanol–water partition coefficient (Wildman–Crippen LogP) is 2.89. The summed E-state index contributed by atoms with van der Waals surface area (Å²) in [5.41, 5.74) is 0.321. The standard InChI is InChI=1S/C18H10O12S4/c19-11(27-13-7-5-9-15(25-7)17(13)29-33(9,21)22)1-3-31-32-4-2-12(20)28-14-8-6-10-16(26-8)18(14)30-34(10,23)24/h5-6H,1-4H2. The molecule has 34 heavy (non-hydrogen) atoms. The molecule has 12 nitrogen and oxygen atoms in total. The fraction of sp³-hybridized carbons (Fsp3) is 0.222. The number of benzene rings is 2. The summed E-state index contributed by atoms with van der Waals surface area (Å²) >= 11 is 0. The molecule has 16 heteroatoms. The molecule has 0 atom stereocenters. The van der Waals surface area contributed by atoms with Gasteiger partial charge in [-0.3, -0.25) is 9.59 Å². The van der Waals surface area contributed by atoms with Gasteiger partial charge in [0.1, 0.15) is 0 Å². The first-order valence-corrected chi connectivity index (χ1v) is 14.8. The highest BCUT2D eigenvalue weighted by Gasteiger charge is 2.42. The van der Waals surface area contributed by atoms with Crippen molar-refractivity contribution in [2.45, 2.75) is 22.6 Å². The molecule has 4 bridgehead atoms. The van der Waals surface area contributed by atoms with Gasteiger partial charge < -0.3 is 26.7 Å². The van der Waals surface area contributed by atoms with Gasteiger partial charge in [0.15, 0.2) is 32.1 Å². The zero-order valence-electron chi connectivity index (χ0n) is 16.5. The third-order valence-corrected chi connectivity index (χ3v) is 9.75. The van der Waals surface area contributed by atoms with Crippen LogP contribution in [0.3, 0.4) is 0 Å². The highest BCUT2D eigenvalue weighted by molar-refractivity contribution is 8.76. The number of rotatable bonds is 9. The van der Waals surface area contributed by atoms with Crippen LogP contribution in [-0.4, -0.2) is 40.3 Å². The Morgan fingerprint density at radius 1 is 0.735 bits per heavy atom. The molecular weight excluding hydrogens is 536 g/mol. The van der Waals surface area contributed by atoms with Crippen molar-refractivity contribution in [2.24, 2.45) is 0 Å². The van der Waals surface area contributed by atoms with Crippen LogP contribution in [0.25, 0.3) is 22.3 Å². The summed E-state index contributed by atoms with van der Waals surface area (Å²) in [4.78, 5) is 24.0. The van der Waals surface area contributed by atoms with E-state index in [0.717, 1.165) is 0 Å². The highest BCUT2D eigenvalue weighted by atomic mass is 33.1. The van der Waals surface area contributed by atoms with E-state index in [1.807, 2.05) is 0 Å². The Morgan fingerprint density at radius 3 is 1.56 bits per heavy atom. The van der Waals surface area contributed by atoms with Crippen LogP contribution in [0.1, 0.15) is 12.8 Å². The summed E-state index contributed by atoms with van der Waals surface area (Å²) in [7, 11) is -5.18. The monoisotopic (exact) mass is 546 g/mol. The zero-order chi connectivity index (χ0) is 23.8. The Morgan fingerprint density at radius 2 is 1.15 bits per heavy atom. The number of hydrogen-bond acceptors (Lipinski definition) is 14. The number of hydrogen-bond donors (Lipinski definition) is 0. The lowest BCUT2D eigenvalue weighted by Crippen LogP contribution is -2.10. The number of carbonyl (C=O) groups excluding carboxylic acids is 2. The molecule has 0 aromatic carbocycles. The molecule has 178 valence electrons. The first kappa shape index (κ1) is 21.7. The minimum Gasteiger partial charge on any atom is -0.448 e. The maximum Gasteiger partial charge on any atom is 0.343 e. The third kappa shape index (κ3) is 3.27.